The summed E-state index contributed by atoms with van der Waals surface area (Å²) in [7, 11) is 0. The van der Waals surface area contributed by atoms with Gasteiger partial charge in [-0.15, -0.1) is 0 Å². The summed E-state index contributed by atoms with van der Waals surface area (Å²) in [6, 6.07) is 16.2. The quantitative estimate of drug-likeness (QED) is 0.473. The Balaban J connectivity index is 2.14. The molecule has 0 saturated carbocycles. The number of nitrogen functional groups attached to an aromatic ring is 1. The van der Waals surface area contributed by atoms with Crippen molar-refractivity contribution in [1.82, 2.24) is 4.98 Å². The summed E-state index contributed by atoms with van der Waals surface area (Å²) in [5.41, 5.74) is 10.8. The topological polar surface area (TPSA) is 65.7 Å². The maximum absolute atomic E-state index is 7.48. The average molecular weight is 249 g/mol. The number of aromatic amines is 1. The normalized spacial score (nSPS) is 10.8. The number of aryl methyl sites for hydroxylation is 1. The Bertz CT molecular complexity index is 769. The minimum absolute atomic E-state index is 0.0974. The van der Waals surface area contributed by atoms with Crippen LogP contribution in [0.4, 0.5) is 0 Å². The number of rotatable bonds is 2. The van der Waals surface area contributed by atoms with Gasteiger partial charge < -0.3 is 10.7 Å². The van der Waals surface area contributed by atoms with Gasteiger partial charge in [-0.25, -0.2) is 0 Å². The maximum atomic E-state index is 7.48. The molecule has 3 nitrogen and oxygen atoms in total. The van der Waals surface area contributed by atoms with E-state index >= 15 is 0 Å². The smallest absolute Gasteiger partial charge is 0.122 e. The van der Waals surface area contributed by atoms with Crippen LogP contribution in [0, 0.1) is 12.3 Å². The Morgan fingerprint density at radius 3 is 2.68 bits per heavy atom. The summed E-state index contributed by atoms with van der Waals surface area (Å²) < 4.78 is 0. The number of aromatic nitrogens is 1. The molecule has 1 heterocycles. The fourth-order valence-electron chi connectivity index (χ4n) is 2.27. The molecule has 0 atom stereocenters. The number of nitrogens with two attached hydrogens (primary N) is 1. The van der Waals surface area contributed by atoms with Gasteiger partial charge in [-0.1, -0.05) is 23.8 Å². The van der Waals surface area contributed by atoms with Gasteiger partial charge >= 0.3 is 0 Å². The third kappa shape index (κ3) is 2.10. The van der Waals surface area contributed by atoms with Crippen LogP contribution >= 0.6 is 0 Å². The second-order valence-corrected chi connectivity index (χ2v) is 4.77. The first-order valence-electron chi connectivity index (χ1n) is 6.18. The highest BCUT2D eigenvalue weighted by Crippen LogP contribution is 2.25. The van der Waals surface area contributed by atoms with Crippen molar-refractivity contribution in [3.8, 4) is 11.3 Å². The maximum Gasteiger partial charge on any atom is 0.122 e. The molecule has 3 heteroatoms. The molecule has 1 aromatic heterocycles. The second kappa shape index (κ2) is 4.28. The summed E-state index contributed by atoms with van der Waals surface area (Å²) >= 11 is 0. The molecular formula is C16H15N3. The molecule has 0 fully saturated rings. The minimum atomic E-state index is 0.0974. The van der Waals surface area contributed by atoms with Crippen molar-refractivity contribution in [1.29, 1.82) is 5.41 Å². The van der Waals surface area contributed by atoms with Crippen molar-refractivity contribution in [2.45, 2.75) is 6.92 Å². The van der Waals surface area contributed by atoms with Crippen LogP contribution in [-0.4, -0.2) is 10.8 Å². The van der Waals surface area contributed by atoms with Gasteiger partial charge in [-0.05, 0) is 42.8 Å². The Hall–Kier alpha value is -2.55. The van der Waals surface area contributed by atoms with Crippen LogP contribution in [0.3, 0.4) is 0 Å². The van der Waals surface area contributed by atoms with E-state index in [9.17, 15) is 0 Å². The molecule has 94 valence electrons. The first kappa shape index (κ1) is 11.5. The summed E-state index contributed by atoms with van der Waals surface area (Å²) in [4.78, 5) is 3.39. The van der Waals surface area contributed by atoms with Crippen molar-refractivity contribution in [2.24, 2.45) is 5.73 Å². The van der Waals surface area contributed by atoms with Crippen molar-refractivity contribution >= 4 is 16.7 Å². The summed E-state index contributed by atoms with van der Waals surface area (Å²) in [6.45, 7) is 2.08. The highest BCUT2D eigenvalue weighted by molar-refractivity contribution is 5.99. The summed E-state index contributed by atoms with van der Waals surface area (Å²) in [5.74, 6) is 0.0974. The Morgan fingerprint density at radius 1 is 1.11 bits per heavy atom. The van der Waals surface area contributed by atoms with E-state index in [0.29, 0.717) is 0 Å². The van der Waals surface area contributed by atoms with E-state index in [1.54, 1.807) is 0 Å². The van der Waals surface area contributed by atoms with Crippen molar-refractivity contribution < 1.29 is 0 Å². The van der Waals surface area contributed by atoms with E-state index < -0.39 is 0 Å². The molecule has 2 aromatic carbocycles. The Kier molecular flexibility index (Phi) is 2.60. The molecule has 3 aromatic rings. The molecule has 0 unspecified atom stereocenters. The van der Waals surface area contributed by atoms with Crippen LogP contribution < -0.4 is 5.73 Å². The predicted octanol–water partition coefficient (Wildman–Crippen LogP) is 3.43. The van der Waals surface area contributed by atoms with Gasteiger partial charge in [0.15, 0.2) is 0 Å². The van der Waals surface area contributed by atoms with Crippen LogP contribution in [0.2, 0.25) is 0 Å². The monoisotopic (exact) mass is 249 g/mol. The molecule has 0 spiro atoms. The van der Waals surface area contributed by atoms with Gasteiger partial charge in [0.2, 0.25) is 0 Å². The molecule has 0 radical (unpaired) electrons. The standard InChI is InChI=1S/C16H15N3/c1-10-3-2-4-11(7-10)15-9-13-8-12(16(17)18)5-6-14(13)19-15/h2-9,19H,1H3,(H3,17,18). The van der Waals surface area contributed by atoms with Crippen LogP contribution in [0.25, 0.3) is 22.2 Å². The van der Waals surface area contributed by atoms with E-state index in [0.717, 1.165) is 22.2 Å². The molecule has 19 heavy (non-hydrogen) atoms. The molecule has 0 aliphatic rings. The van der Waals surface area contributed by atoms with Gasteiger partial charge in [0.25, 0.3) is 0 Å². The number of nitrogens with one attached hydrogen (secondary N) is 2. The third-order valence-electron chi connectivity index (χ3n) is 3.26. The van der Waals surface area contributed by atoms with Gasteiger partial charge in [-0.3, -0.25) is 5.41 Å². The van der Waals surface area contributed by atoms with Crippen molar-refractivity contribution in [2.75, 3.05) is 0 Å². The highest BCUT2D eigenvalue weighted by Gasteiger charge is 2.05. The first-order chi connectivity index (χ1) is 9.13. The molecule has 3 rings (SSSR count). The van der Waals surface area contributed by atoms with Crippen LogP contribution in [0.5, 0.6) is 0 Å². The lowest BCUT2D eigenvalue weighted by Gasteiger charge is -1.98. The molecule has 0 saturated heterocycles. The van der Waals surface area contributed by atoms with Gasteiger partial charge in [0.1, 0.15) is 5.84 Å². The molecule has 0 aliphatic carbocycles. The molecule has 0 aliphatic heterocycles. The lowest BCUT2D eigenvalue weighted by molar-refractivity contribution is 1.41. The Labute approximate surface area is 111 Å². The van der Waals surface area contributed by atoms with E-state index in [1.165, 1.54) is 11.1 Å². The zero-order valence-corrected chi connectivity index (χ0v) is 10.7. The predicted molar refractivity (Wildman–Crippen MR) is 79.5 cm³/mol. The number of amidine groups is 1. The van der Waals surface area contributed by atoms with Crippen molar-refractivity contribution in [3.63, 3.8) is 0 Å². The van der Waals surface area contributed by atoms with E-state index in [1.807, 2.05) is 18.2 Å². The second-order valence-electron chi connectivity index (χ2n) is 4.77. The largest absolute Gasteiger partial charge is 0.384 e. The molecular weight excluding hydrogens is 234 g/mol. The highest BCUT2D eigenvalue weighted by atomic mass is 14.7. The van der Waals surface area contributed by atoms with E-state index in [4.69, 9.17) is 11.1 Å². The summed E-state index contributed by atoms with van der Waals surface area (Å²) in [6.07, 6.45) is 0. The van der Waals surface area contributed by atoms with E-state index in [2.05, 4.69) is 42.2 Å². The number of H-pyrrole nitrogens is 1. The van der Waals surface area contributed by atoms with Crippen LogP contribution in [-0.2, 0) is 0 Å². The van der Waals surface area contributed by atoms with Gasteiger partial charge in [0.05, 0.1) is 0 Å². The fourth-order valence-corrected chi connectivity index (χ4v) is 2.27. The Morgan fingerprint density at radius 2 is 1.95 bits per heavy atom. The average Bonchev–Trinajstić information content (AvgIpc) is 2.81. The van der Waals surface area contributed by atoms with Crippen LogP contribution in [0.15, 0.2) is 48.5 Å². The van der Waals surface area contributed by atoms with E-state index in [-0.39, 0.29) is 5.84 Å². The van der Waals surface area contributed by atoms with Crippen molar-refractivity contribution in [3.05, 3.63) is 59.7 Å². The third-order valence-corrected chi connectivity index (χ3v) is 3.26. The molecule has 0 amide bonds. The molecule has 0 bridgehead atoms. The number of hydrogen-bond acceptors (Lipinski definition) is 1. The zero-order chi connectivity index (χ0) is 13.4. The number of benzene rings is 2. The number of hydrogen-bond donors (Lipinski definition) is 3. The van der Waals surface area contributed by atoms with Gasteiger partial charge in [-0.2, -0.15) is 0 Å². The molecule has 4 N–H and O–H groups in total. The van der Waals surface area contributed by atoms with Crippen LogP contribution in [0.1, 0.15) is 11.1 Å². The zero-order valence-electron chi connectivity index (χ0n) is 10.7. The van der Waals surface area contributed by atoms with Gasteiger partial charge in [0, 0.05) is 22.2 Å². The number of fused-ring (bicyclic) bond motifs is 1. The summed E-state index contributed by atoms with van der Waals surface area (Å²) in [5, 5.41) is 8.55. The lowest BCUT2D eigenvalue weighted by Crippen LogP contribution is -2.10. The SMILES string of the molecule is Cc1cccc(-c2cc3cc(C(=N)N)ccc3[nH]2)c1. The fraction of sp³-hybridized carbons (Fsp3) is 0.0625. The first-order valence-corrected chi connectivity index (χ1v) is 6.18. The lowest BCUT2D eigenvalue weighted by atomic mass is 10.1. The minimum Gasteiger partial charge on any atom is -0.384 e.